The van der Waals surface area contributed by atoms with E-state index in [9.17, 15) is 9.59 Å². The van der Waals surface area contributed by atoms with E-state index in [1.807, 2.05) is 13.8 Å². The monoisotopic (exact) mass is 356 g/mol. The van der Waals surface area contributed by atoms with Crippen molar-refractivity contribution in [2.45, 2.75) is 36.3 Å². The third-order valence-corrected chi connectivity index (χ3v) is 4.14. The second-order valence-corrected chi connectivity index (χ2v) is 5.54. The first-order valence-corrected chi connectivity index (χ1v) is 7.19. The largest absolute Gasteiger partial charge is 0.353 e. The molecule has 0 aromatic carbocycles. The summed E-state index contributed by atoms with van der Waals surface area (Å²) in [6.07, 6.45) is 1.50. The molecule has 0 bridgehead atoms. The van der Waals surface area contributed by atoms with E-state index in [0.717, 1.165) is 12.8 Å². The molecule has 2 amide bonds. The van der Waals surface area contributed by atoms with Crippen molar-refractivity contribution >= 4 is 43.7 Å². The van der Waals surface area contributed by atoms with Crippen molar-refractivity contribution < 1.29 is 9.59 Å². The Morgan fingerprint density at radius 1 is 0.938 bits per heavy atom. The Labute approximate surface area is 113 Å². The van der Waals surface area contributed by atoms with Gasteiger partial charge in [-0.1, -0.05) is 45.7 Å². The topological polar surface area (TPSA) is 58.2 Å². The zero-order valence-corrected chi connectivity index (χ0v) is 12.7. The molecular formula is C10H18Br2N2O2. The van der Waals surface area contributed by atoms with Crippen LogP contribution in [0.1, 0.15) is 26.7 Å². The third kappa shape index (κ3) is 6.48. The molecule has 0 aromatic rings. The summed E-state index contributed by atoms with van der Waals surface area (Å²) in [5, 5.41) is 5.46. The van der Waals surface area contributed by atoms with Crippen LogP contribution in [0.4, 0.5) is 0 Å². The van der Waals surface area contributed by atoms with Crippen LogP contribution in [-0.2, 0) is 9.59 Å². The fourth-order valence-electron chi connectivity index (χ4n) is 0.964. The van der Waals surface area contributed by atoms with Crippen LogP contribution in [-0.4, -0.2) is 34.6 Å². The van der Waals surface area contributed by atoms with E-state index in [1.165, 1.54) is 0 Å². The quantitative estimate of drug-likeness (QED) is 0.536. The minimum absolute atomic E-state index is 0.0392. The molecule has 0 saturated heterocycles. The summed E-state index contributed by atoms with van der Waals surface area (Å²) in [5.41, 5.74) is 0. The molecule has 0 rings (SSSR count). The summed E-state index contributed by atoms with van der Waals surface area (Å²) in [6.45, 7) is 4.77. The van der Waals surface area contributed by atoms with Gasteiger partial charge in [0.05, 0.1) is 9.65 Å². The Kier molecular flexibility index (Phi) is 8.93. The van der Waals surface area contributed by atoms with Gasteiger partial charge in [-0.2, -0.15) is 0 Å². The first-order chi connectivity index (χ1) is 7.52. The van der Waals surface area contributed by atoms with Crippen molar-refractivity contribution in [3.8, 4) is 0 Å². The highest BCUT2D eigenvalue weighted by molar-refractivity contribution is 9.10. The SMILES string of the molecule is CC[C@H](Br)C(=O)NCCNC(=O)[C@@H](Br)CC. The van der Waals surface area contributed by atoms with Crippen LogP contribution in [0, 0.1) is 0 Å². The predicted octanol–water partition coefficient (Wildman–Crippen LogP) is 1.57. The number of nitrogens with one attached hydrogen (secondary N) is 2. The van der Waals surface area contributed by atoms with Crippen LogP contribution in [0.15, 0.2) is 0 Å². The van der Waals surface area contributed by atoms with E-state index in [1.54, 1.807) is 0 Å². The average molecular weight is 358 g/mol. The second-order valence-electron chi connectivity index (χ2n) is 3.33. The summed E-state index contributed by atoms with van der Waals surface area (Å²) < 4.78 is 0. The molecule has 16 heavy (non-hydrogen) atoms. The lowest BCUT2D eigenvalue weighted by atomic mass is 10.3. The lowest BCUT2D eigenvalue weighted by molar-refractivity contribution is -0.122. The molecule has 94 valence electrons. The zero-order chi connectivity index (χ0) is 12.6. The molecule has 0 heterocycles. The minimum Gasteiger partial charge on any atom is -0.353 e. The van der Waals surface area contributed by atoms with E-state index in [-0.39, 0.29) is 21.5 Å². The third-order valence-electron chi connectivity index (χ3n) is 2.01. The van der Waals surface area contributed by atoms with Gasteiger partial charge >= 0.3 is 0 Å². The van der Waals surface area contributed by atoms with E-state index in [0.29, 0.717) is 13.1 Å². The van der Waals surface area contributed by atoms with Gasteiger partial charge in [0, 0.05) is 13.1 Å². The molecule has 0 fully saturated rings. The average Bonchev–Trinajstić information content (AvgIpc) is 2.31. The summed E-state index contributed by atoms with van der Waals surface area (Å²) in [6, 6.07) is 0. The lowest BCUT2D eigenvalue weighted by Gasteiger charge is -2.11. The van der Waals surface area contributed by atoms with E-state index in [4.69, 9.17) is 0 Å². The maximum Gasteiger partial charge on any atom is 0.233 e. The van der Waals surface area contributed by atoms with Crippen molar-refractivity contribution in [3.63, 3.8) is 0 Å². The predicted molar refractivity (Wildman–Crippen MR) is 72.0 cm³/mol. The molecular weight excluding hydrogens is 340 g/mol. The van der Waals surface area contributed by atoms with Gasteiger partial charge in [-0.3, -0.25) is 9.59 Å². The van der Waals surface area contributed by atoms with Crippen molar-refractivity contribution in [3.05, 3.63) is 0 Å². The van der Waals surface area contributed by atoms with Crippen LogP contribution < -0.4 is 10.6 Å². The molecule has 6 heteroatoms. The van der Waals surface area contributed by atoms with Crippen LogP contribution >= 0.6 is 31.9 Å². The molecule has 4 nitrogen and oxygen atoms in total. The van der Waals surface area contributed by atoms with E-state index in [2.05, 4.69) is 42.5 Å². The van der Waals surface area contributed by atoms with Crippen LogP contribution in [0.5, 0.6) is 0 Å². The Morgan fingerprint density at radius 3 is 1.50 bits per heavy atom. The molecule has 0 aromatic heterocycles. The first kappa shape index (κ1) is 15.9. The van der Waals surface area contributed by atoms with Crippen molar-refractivity contribution in [2.75, 3.05) is 13.1 Å². The van der Waals surface area contributed by atoms with Gasteiger partial charge in [-0.15, -0.1) is 0 Å². The minimum atomic E-state index is -0.150. The van der Waals surface area contributed by atoms with E-state index < -0.39 is 0 Å². The maximum atomic E-state index is 11.3. The maximum absolute atomic E-state index is 11.3. The van der Waals surface area contributed by atoms with Gasteiger partial charge < -0.3 is 10.6 Å². The fourth-order valence-corrected chi connectivity index (χ4v) is 1.29. The van der Waals surface area contributed by atoms with Gasteiger partial charge in [-0.05, 0) is 12.8 Å². The van der Waals surface area contributed by atoms with Gasteiger partial charge in [0.15, 0.2) is 0 Å². The fraction of sp³-hybridized carbons (Fsp3) is 0.800. The molecule has 0 spiro atoms. The number of hydrogen-bond donors (Lipinski definition) is 2. The zero-order valence-electron chi connectivity index (χ0n) is 9.56. The molecule has 0 aliphatic rings. The highest BCUT2D eigenvalue weighted by Crippen LogP contribution is 2.04. The van der Waals surface area contributed by atoms with Gasteiger partial charge in [-0.25, -0.2) is 0 Å². The van der Waals surface area contributed by atoms with E-state index >= 15 is 0 Å². The Bertz CT molecular complexity index is 213. The molecule has 0 radical (unpaired) electrons. The molecule has 0 saturated carbocycles. The first-order valence-electron chi connectivity index (χ1n) is 5.36. The number of rotatable bonds is 7. The highest BCUT2D eigenvalue weighted by Gasteiger charge is 2.13. The summed E-state index contributed by atoms with van der Waals surface area (Å²) in [4.78, 5) is 22.4. The molecule has 0 aliphatic carbocycles. The summed E-state index contributed by atoms with van der Waals surface area (Å²) in [7, 11) is 0. The van der Waals surface area contributed by atoms with Gasteiger partial charge in [0.1, 0.15) is 0 Å². The Balaban J connectivity index is 3.61. The Morgan fingerprint density at radius 2 is 1.25 bits per heavy atom. The Hall–Kier alpha value is -0.100. The van der Waals surface area contributed by atoms with Crippen LogP contribution in [0.2, 0.25) is 0 Å². The highest BCUT2D eigenvalue weighted by atomic mass is 79.9. The number of halogens is 2. The normalized spacial score (nSPS) is 14.0. The van der Waals surface area contributed by atoms with Crippen LogP contribution in [0.25, 0.3) is 0 Å². The number of carbonyl (C=O) groups excluding carboxylic acids is 2. The smallest absolute Gasteiger partial charge is 0.233 e. The molecule has 2 N–H and O–H groups in total. The lowest BCUT2D eigenvalue weighted by Crippen LogP contribution is -2.39. The summed E-state index contributed by atoms with van der Waals surface area (Å²) in [5.74, 6) is -0.0785. The number of amides is 2. The standard InChI is InChI=1S/C10H18Br2N2O2/c1-3-7(11)9(15)13-5-6-14-10(16)8(12)4-2/h7-8H,3-6H2,1-2H3,(H,13,15)(H,14,16)/t7-,8-/m0/s1. The number of carbonyl (C=O) groups is 2. The van der Waals surface area contributed by atoms with Gasteiger partial charge in [0.25, 0.3) is 0 Å². The number of hydrogen-bond acceptors (Lipinski definition) is 2. The molecule has 0 unspecified atom stereocenters. The van der Waals surface area contributed by atoms with Crippen molar-refractivity contribution in [2.24, 2.45) is 0 Å². The van der Waals surface area contributed by atoms with Crippen LogP contribution in [0.3, 0.4) is 0 Å². The number of alkyl halides is 2. The van der Waals surface area contributed by atoms with Gasteiger partial charge in [0.2, 0.25) is 11.8 Å². The molecule has 2 atom stereocenters. The molecule has 0 aliphatic heterocycles. The van der Waals surface area contributed by atoms with Crippen molar-refractivity contribution in [1.82, 2.24) is 10.6 Å². The summed E-state index contributed by atoms with van der Waals surface area (Å²) >= 11 is 6.50. The second kappa shape index (κ2) is 8.98. The van der Waals surface area contributed by atoms with Crippen molar-refractivity contribution in [1.29, 1.82) is 0 Å².